The quantitative estimate of drug-likeness (QED) is 0.446. The molecule has 30 heavy (non-hydrogen) atoms. The summed E-state index contributed by atoms with van der Waals surface area (Å²) >= 11 is 0. The predicted molar refractivity (Wildman–Crippen MR) is 120 cm³/mol. The monoisotopic (exact) mass is 409 g/mol. The van der Waals surface area contributed by atoms with Gasteiger partial charge in [-0.3, -0.25) is 9.36 Å². The zero-order valence-electron chi connectivity index (χ0n) is 18.1. The van der Waals surface area contributed by atoms with E-state index in [1.165, 1.54) is 25.7 Å². The molecule has 1 heterocycles. The summed E-state index contributed by atoms with van der Waals surface area (Å²) in [5.74, 6) is 1.40. The number of amides is 1. The van der Waals surface area contributed by atoms with Gasteiger partial charge in [-0.15, -0.1) is 0 Å². The molecule has 0 radical (unpaired) electrons. The minimum atomic E-state index is -0.0565. The van der Waals surface area contributed by atoms with Gasteiger partial charge in [-0.05, 0) is 36.8 Å². The number of imidazole rings is 1. The lowest BCUT2D eigenvalue weighted by atomic mass is 10.1. The molecule has 0 saturated heterocycles. The Balaban J connectivity index is 1.70. The van der Waals surface area contributed by atoms with E-state index < -0.39 is 0 Å². The van der Waals surface area contributed by atoms with E-state index in [1.54, 1.807) is 20.5 Å². The van der Waals surface area contributed by atoms with Crippen molar-refractivity contribution in [2.45, 2.75) is 45.4 Å². The summed E-state index contributed by atoms with van der Waals surface area (Å²) in [6.45, 7) is 2.92. The molecule has 0 bridgehead atoms. The Labute approximate surface area is 178 Å². The van der Waals surface area contributed by atoms with Gasteiger partial charge in [0.2, 0.25) is 0 Å². The zero-order valence-corrected chi connectivity index (χ0v) is 18.1. The Morgan fingerprint density at radius 1 is 1.00 bits per heavy atom. The Bertz CT molecular complexity index is 981. The molecule has 0 aliphatic carbocycles. The van der Waals surface area contributed by atoms with Gasteiger partial charge in [-0.1, -0.05) is 39.0 Å². The van der Waals surface area contributed by atoms with Crippen molar-refractivity contribution in [3.8, 4) is 17.2 Å². The highest BCUT2D eigenvalue weighted by Crippen LogP contribution is 2.30. The molecule has 6 nitrogen and oxygen atoms in total. The van der Waals surface area contributed by atoms with E-state index in [0.29, 0.717) is 12.1 Å². The SMILES string of the molecule is CCCCCCCCNC(=O)c1ccc2c(c1)ncn2-c1cc(OC)ccc1OC. The first kappa shape index (κ1) is 21.7. The Hall–Kier alpha value is -3.02. The van der Waals surface area contributed by atoms with Gasteiger partial charge < -0.3 is 14.8 Å². The first-order chi connectivity index (χ1) is 14.7. The maximum Gasteiger partial charge on any atom is 0.251 e. The molecule has 1 amide bonds. The van der Waals surface area contributed by atoms with Crippen LogP contribution in [0.4, 0.5) is 0 Å². The van der Waals surface area contributed by atoms with Gasteiger partial charge in [0.15, 0.2) is 0 Å². The van der Waals surface area contributed by atoms with Gasteiger partial charge in [0.05, 0.1) is 30.9 Å². The zero-order chi connectivity index (χ0) is 21.3. The number of nitrogens with one attached hydrogen (secondary N) is 1. The molecular formula is C24H31N3O3. The number of hydrogen-bond acceptors (Lipinski definition) is 4. The second-order valence-corrected chi connectivity index (χ2v) is 7.38. The molecule has 0 aliphatic heterocycles. The first-order valence-corrected chi connectivity index (χ1v) is 10.7. The molecule has 3 rings (SSSR count). The van der Waals surface area contributed by atoms with Gasteiger partial charge in [0.25, 0.3) is 5.91 Å². The maximum atomic E-state index is 12.5. The third-order valence-corrected chi connectivity index (χ3v) is 5.27. The predicted octanol–water partition coefficient (Wildman–Crippen LogP) is 5.13. The van der Waals surface area contributed by atoms with Gasteiger partial charge in [0, 0.05) is 18.2 Å². The lowest BCUT2D eigenvalue weighted by Crippen LogP contribution is -2.24. The summed E-state index contributed by atoms with van der Waals surface area (Å²) in [4.78, 5) is 17.0. The fourth-order valence-corrected chi connectivity index (χ4v) is 3.54. The van der Waals surface area contributed by atoms with Crippen LogP contribution < -0.4 is 14.8 Å². The third-order valence-electron chi connectivity index (χ3n) is 5.27. The molecule has 0 saturated carbocycles. The molecule has 6 heteroatoms. The second kappa shape index (κ2) is 10.7. The first-order valence-electron chi connectivity index (χ1n) is 10.7. The molecule has 0 atom stereocenters. The van der Waals surface area contributed by atoms with Crippen molar-refractivity contribution < 1.29 is 14.3 Å². The van der Waals surface area contributed by atoms with Crippen molar-refractivity contribution >= 4 is 16.9 Å². The van der Waals surface area contributed by atoms with E-state index >= 15 is 0 Å². The van der Waals surface area contributed by atoms with Crippen LogP contribution in [0.1, 0.15) is 55.8 Å². The van der Waals surface area contributed by atoms with Crippen LogP contribution in [0, 0.1) is 0 Å². The normalized spacial score (nSPS) is 10.9. The summed E-state index contributed by atoms with van der Waals surface area (Å²) in [5.41, 5.74) is 3.11. The van der Waals surface area contributed by atoms with Crippen molar-refractivity contribution in [1.82, 2.24) is 14.9 Å². The number of ether oxygens (including phenoxy) is 2. The van der Waals surface area contributed by atoms with Crippen LogP contribution in [0.25, 0.3) is 16.7 Å². The largest absolute Gasteiger partial charge is 0.497 e. The lowest BCUT2D eigenvalue weighted by Gasteiger charge is -2.12. The third kappa shape index (κ3) is 5.12. The molecule has 0 fully saturated rings. The van der Waals surface area contributed by atoms with E-state index in [4.69, 9.17) is 9.47 Å². The molecule has 0 aliphatic rings. The number of benzene rings is 2. The van der Waals surface area contributed by atoms with Gasteiger partial charge >= 0.3 is 0 Å². The molecule has 2 aromatic carbocycles. The van der Waals surface area contributed by atoms with Crippen LogP contribution in [-0.4, -0.2) is 36.2 Å². The van der Waals surface area contributed by atoms with E-state index in [9.17, 15) is 4.79 Å². The van der Waals surface area contributed by atoms with Crippen molar-refractivity contribution in [2.24, 2.45) is 0 Å². The fraction of sp³-hybridized carbons (Fsp3) is 0.417. The average Bonchev–Trinajstić information content (AvgIpc) is 3.21. The molecule has 160 valence electrons. The number of hydrogen-bond donors (Lipinski definition) is 1. The van der Waals surface area contributed by atoms with E-state index in [-0.39, 0.29) is 5.91 Å². The van der Waals surface area contributed by atoms with E-state index in [1.807, 2.05) is 41.0 Å². The number of nitrogens with zero attached hydrogens (tertiary/aromatic N) is 2. The van der Waals surface area contributed by atoms with Crippen LogP contribution in [0.5, 0.6) is 11.5 Å². The molecule has 1 aromatic heterocycles. The van der Waals surface area contributed by atoms with Crippen molar-refractivity contribution in [2.75, 3.05) is 20.8 Å². The number of carbonyl (C=O) groups excluding carboxylic acids is 1. The Kier molecular flexibility index (Phi) is 7.71. The minimum Gasteiger partial charge on any atom is -0.497 e. The summed E-state index contributed by atoms with van der Waals surface area (Å²) < 4.78 is 12.8. The number of unbranched alkanes of at least 4 members (excludes halogenated alkanes) is 5. The molecule has 0 spiro atoms. The highest BCUT2D eigenvalue weighted by Gasteiger charge is 2.13. The highest BCUT2D eigenvalue weighted by molar-refractivity contribution is 5.97. The topological polar surface area (TPSA) is 65.4 Å². The number of aromatic nitrogens is 2. The highest BCUT2D eigenvalue weighted by atomic mass is 16.5. The summed E-state index contributed by atoms with van der Waals surface area (Å²) in [6.07, 6.45) is 8.97. The number of rotatable bonds is 11. The minimum absolute atomic E-state index is 0.0565. The summed E-state index contributed by atoms with van der Waals surface area (Å²) in [7, 11) is 3.27. The summed E-state index contributed by atoms with van der Waals surface area (Å²) in [5, 5.41) is 3.02. The molecular weight excluding hydrogens is 378 g/mol. The van der Waals surface area contributed by atoms with Gasteiger partial charge in [-0.25, -0.2) is 4.98 Å². The second-order valence-electron chi connectivity index (χ2n) is 7.38. The van der Waals surface area contributed by atoms with Crippen LogP contribution in [-0.2, 0) is 0 Å². The molecule has 3 aromatic rings. The van der Waals surface area contributed by atoms with Crippen molar-refractivity contribution in [3.63, 3.8) is 0 Å². The van der Waals surface area contributed by atoms with Gasteiger partial charge in [-0.2, -0.15) is 0 Å². The fourth-order valence-electron chi connectivity index (χ4n) is 3.54. The smallest absolute Gasteiger partial charge is 0.251 e. The average molecular weight is 410 g/mol. The summed E-state index contributed by atoms with van der Waals surface area (Å²) in [6, 6.07) is 11.2. The van der Waals surface area contributed by atoms with Crippen molar-refractivity contribution in [1.29, 1.82) is 0 Å². The maximum absolute atomic E-state index is 12.5. The molecule has 0 unspecified atom stereocenters. The Morgan fingerprint density at radius 3 is 2.57 bits per heavy atom. The number of carbonyl (C=O) groups is 1. The van der Waals surface area contributed by atoms with E-state index in [0.717, 1.165) is 41.1 Å². The van der Waals surface area contributed by atoms with Crippen LogP contribution in [0.2, 0.25) is 0 Å². The standard InChI is InChI=1S/C24H31N3O3/c1-4-5-6-7-8-9-14-25-24(28)18-10-12-21-20(15-18)26-17-27(21)22-16-19(29-2)11-13-23(22)30-3/h10-13,15-17H,4-9,14H2,1-3H3,(H,25,28). The van der Waals surface area contributed by atoms with E-state index in [2.05, 4.69) is 17.2 Å². The van der Waals surface area contributed by atoms with Crippen molar-refractivity contribution in [3.05, 3.63) is 48.3 Å². The number of fused-ring (bicyclic) bond motifs is 1. The van der Waals surface area contributed by atoms with Crippen LogP contribution in [0.15, 0.2) is 42.7 Å². The number of methoxy groups -OCH3 is 2. The Morgan fingerprint density at radius 2 is 1.80 bits per heavy atom. The van der Waals surface area contributed by atoms with Crippen LogP contribution in [0.3, 0.4) is 0 Å². The molecule has 1 N–H and O–H groups in total. The van der Waals surface area contributed by atoms with Gasteiger partial charge in [0.1, 0.15) is 17.8 Å². The van der Waals surface area contributed by atoms with Crippen LogP contribution >= 0.6 is 0 Å². The lowest BCUT2D eigenvalue weighted by molar-refractivity contribution is 0.0953.